The summed E-state index contributed by atoms with van der Waals surface area (Å²) in [5.74, 6) is 3.54. The molecule has 2 nitrogen and oxygen atoms in total. The molecule has 0 aromatic rings. The average Bonchev–Trinajstić information content (AvgIpc) is 2.03. The van der Waals surface area contributed by atoms with Gasteiger partial charge in [-0.15, -0.1) is 0 Å². The second kappa shape index (κ2) is 7.01. The van der Waals surface area contributed by atoms with Crippen LogP contribution in [-0.4, -0.2) is 37.7 Å². The summed E-state index contributed by atoms with van der Waals surface area (Å²) < 4.78 is 21.6. The molecule has 0 N–H and O–H groups in total. The summed E-state index contributed by atoms with van der Waals surface area (Å²) in [6.45, 7) is 2.14. The van der Waals surface area contributed by atoms with Gasteiger partial charge in [-0.3, -0.25) is 0 Å². The van der Waals surface area contributed by atoms with Crippen molar-refractivity contribution in [2.45, 2.75) is 13.3 Å². The molecule has 5 heteroatoms. The van der Waals surface area contributed by atoms with Gasteiger partial charge in [-0.25, -0.2) is 8.42 Å². The Morgan fingerprint density at radius 3 is 2.46 bits per heavy atom. The highest BCUT2D eigenvalue weighted by molar-refractivity contribution is 8.00. The van der Waals surface area contributed by atoms with Crippen molar-refractivity contribution in [2.75, 3.05) is 29.3 Å². The highest BCUT2D eigenvalue weighted by Crippen LogP contribution is 2.13. The fourth-order valence-corrected chi connectivity index (χ4v) is 3.86. The molecule has 0 bridgehead atoms. The Labute approximate surface area is 91.2 Å². The molecule has 13 heavy (non-hydrogen) atoms. The van der Waals surface area contributed by atoms with Crippen LogP contribution in [0.4, 0.5) is 0 Å². The van der Waals surface area contributed by atoms with E-state index in [-0.39, 0.29) is 0 Å². The second-order valence-electron chi connectivity index (χ2n) is 3.16. The van der Waals surface area contributed by atoms with E-state index in [1.54, 1.807) is 11.8 Å². The van der Waals surface area contributed by atoms with Gasteiger partial charge in [0.2, 0.25) is 0 Å². The van der Waals surface area contributed by atoms with Crippen LogP contribution in [-0.2, 0) is 9.84 Å². The van der Waals surface area contributed by atoms with Gasteiger partial charge >= 0.3 is 0 Å². The minimum Gasteiger partial charge on any atom is -0.229 e. The van der Waals surface area contributed by atoms with Crippen molar-refractivity contribution in [3.05, 3.63) is 0 Å². The number of sulfone groups is 1. The zero-order chi connectivity index (χ0) is 10.3. The van der Waals surface area contributed by atoms with Gasteiger partial charge in [-0.05, 0) is 17.4 Å². The van der Waals surface area contributed by atoms with Crippen LogP contribution in [0.25, 0.3) is 0 Å². The minimum absolute atomic E-state index is 0.292. The first-order chi connectivity index (χ1) is 5.99. The first-order valence-electron chi connectivity index (χ1n) is 4.36. The third-order valence-electron chi connectivity index (χ3n) is 1.79. The van der Waals surface area contributed by atoms with Gasteiger partial charge in [-0.2, -0.15) is 24.4 Å². The van der Waals surface area contributed by atoms with Crippen molar-refractivity contribution in [3.63, 3.8) is 0 Å². The Kier molecular flexibility index (Phi) is 7.36. The van der Waals surface area contributed by atoms with E-state index in [0.29, 0.717) is 17.4 Å². The van der Waals surface area contributed by atoms with E-state index in [0.717, 1.165) is 17.9 Å². The molecule has 0 aromatic heterocycles. The monoisotopic (exact) mass is 242 g/mol. The standard InChI is InChI=1S/C8H18O2S3/c1-3-8(6-11)7-12-4-5-13(2,9)10/h8,11H,3-7H2,1-2H3. The molecule has 0 saturated carbocycles. The SMILES string of the molecule is CCC(CS)CSCCS(C)(=O)=O. The molecule has 0 aliphatic heterocycles. The van der Waals surface area contributed by atoms with Gasteiger partial charge in [0, 0.05) is 12.0 Å². The number of thiol groups is 1. The maximum absolute atomic E-state index is 10.8. The molecule has 0 aliphatic carbocycles. The van der Waals surface area contributed by atoms with E-state index in [9.17, 15) is 8.42 Å². The number of rotatable bonds is 7. The summed E-state index contributed by atoms with van der Waals surface area (Å²) in [7, 11) is -2.78. The Balaban J connectivity index is 3.45. The first-order valence-corrected chi connectivity index (χ1v) is 8.20. The van der Waals surface area contributed by atoms with Crippen molar-refractivity contribution in [3.8, 4) is 0 Å². The van der Waals surface area contributed by atoms with E-state index in [1.807, 2.05) is 0 Å². The molecule has 0 heterocycles. The lowest BCUT2D eigenvalue weighted by Crippen LogP contribution is -2.09. The third-order valence-corrected chi connectivity index (χ3v) is 4.71. The molecule has 0 aliphatic rings. The van der Waals surface area contributed by atoms with E-state index < -0.39 is 9.84 Å². The van der Waals surface area contributed by atoms with Crippen LogP contribution >= 0.6 is 24.4 Å². The largest absolute Gasteiger partial charge is 0.229 e. The topological polar surface area (TPSA) is 34.1 Å². The molecular weight excluding hydrogens is 224 g/mol. The maximum atomic E-state index is 10.8. The van der Waals surface area contributed by atoms with Crippen LogP contribution in [0, 0.1) is 5.92 Å². The van der Waals surface area contributed by atoms with Gasteiger partial charge in [0.15, 0.2) is 0 Å². The highest BCUT2D eigenvalue weighted by atomic mass is 32.2. The molecule has 0 rings (SSSR count). The smallest absolute Gasteiger partial charge is 0.148 e. The Hall–Kier alpha value is 0.650. The van der Waals surface area contributed by atoms with Gasteiger partial charge < -0.3 is 0 Å². The number of hydrogen-bond donors (Lipinski definition) is 1. The summed E-state index contributed by atoms with van der Waals surface area (Å²) >= 11 is 5.93. The van der Waals surface area contributed by atoms with Crippen molar-refractivity contribution in [1.82, 2.24) is 0 Å². The molecule has 0 saturated heterocycles. The number of thioether (sulfide) groups is 1. The predicted octanol–water partition coefficient (Wildman–Crippen LogP) is 1.72. The van der Waals surface area contributed by atoms with Crippen LogP contribution in [0.15, 0.2) is 0 Å². The minimum atomic E-state index is -2.78. The summed E-state index contributed by atoms with van der Waals surface area (Å²) in [5.41, 5.74) is 0. The fourth-order valence-electron chi connectivity index (χ4n) is 0.760. The molecule has 0 fully saturated rings. The summed E-state index contributed by atoms with van der Waals surface area (Å²) in [5, 5.41) is 0. The van der Waals surface area contributed by atoms with E-state index in [4.69, 9.17) is 0 Å². The quantitative estimate of drug-likeness (QED) is 0.545. The Morgan fingerprint density at radius 1 is 1.46 bits per heavy atom. The van der Waals surface area contributed by atoms with Crippen LogP contribution in [0.5, 0.6) is 0 Å². The van der Waals surface area contributed by atoms with Crippen molar-refractivity contribution in [2.24, 2.45) is 5.92 Å². The lowest BCUT2D eigenvalue weighted by Gasteiger charge is -2.10. The summed E-state index contributed by atoms with van der Waals surface area (Å²) in [6, 6.07) is 0. The molecule has 0 radical (unpaired) electrons. The van der Waals surface area contributed by atoms with Crippen LogP contribution in [0.1, 0.15) is 13.3 Å². The van der Waals surface area contributed by atoms with E-state index >= 15 is 0 Å². The Morgan fingerprint density at radius 2 is 2.08 bits per heavy atom. The molecule has 1 unspecified atom stereocenters. The second-order valence-corrected chi connectivity index (χ2v) is 6.94. The van der Waals surface area contributed by atoms with Crippen LogP contribution in [0.2, 0.25) is 0 Å². The summed E-state index contributed by atoms with van der Waals surface area (Å²) in [4.78, 5) is 0. The molecule has 0 aromatic carbocycles. The first kappa shape index (κ1) is 13.7. The van der Waals surface area contributed by atoms with Crippen LogP contribution < -0.4 is 0 Å². The molecule has 80 valence electrons. The lowest BCUT2D eigenvalue weighted by molar-refractivity contribution is 0.603. The van der Waals surface area contributed by atoms with Crippen molar-refractivity contribution < 1.29 is 8.42 Å². The lowest BCUT2D eigenvalue weighted by atomic mass is 10.2. The Bertz CT molecular complexity index is 207. The van der Waals surface area contributed by atoms with Crippen LogP contribution in [0.3, 0.4) is 0 Å². The third kappa shape index (κ3) is 8.97. The van der Waals surface area contributed by atoms with E-state index in [2.05, 4.69) is 19.6 Å². The van der Waals surface area contributed by atoms with Gasteiger partial charge in [-0.1, -0.05) is 13.3 Å². The predicted molar refractivity (Wildman–Crippen MR) is 64.7 cm³/mol. The maximum Gasteiger partial charge on any atom is 0.148 e. The normalized spacial score (nSPS) is 14.4. The number of hydrogen-bond acceptors (Lipinski definition) is 4. The van der Waals surface area contributed by atoms with Gasteiger partial charge in [0.1, 0.15) is 9.84 Å². The van der Waals surface area contributed by atoms with Gasteiger partial charge in [0.05, 0.1) is 5.75 Å². The molecule has 0 spiro atoms. The zero-order valence-electron chi connectivity index (χ0n) is 8.19. The highest BCUT2D eigenvalue weighted by Gasteiger charge is 2.05. The van der Waals surface area contributed by atoms with E-state index in [1.165, 1.54) is 6.26 Å². The molecule has 1 atom stereocenters. The zero-order valence-corrected chi connectivity index (χ0v) is 10.7. The summed E-state index contributed by atoms with van der Waals surface area (Å²) in [6.07, 6.45) is 2.40. The van der Waals surface area contributed by atoms with Crippen molar-refractivity contribution in [1.29, 1.82) is 0 Å². The molecule has 0 amide bonds. The molecular formula is C8H18O2S3. The van der Waals surface area contributed by atoms with Crippen molar-refractivity contribution >= 4 is 34.2 Å². The fraction of sp³-hybridized carbons (Fsp3) is 1.00. The van der Waals surface area contributed by atoms with Gasteiger partial charge in [0.25, 0.3) is 0 Å². The average molecular weight is 242 g/mol.